The van der Waals surface area contributed by atoms with E-state index in [4.69, 9.17) is 0 Å². The summed E-state index contributed by atoms with van der Waals surface area (Å²) in [5, 5.41) is 4.63. The van der Waals surface area contributed by atoms with E-state index >= 15 is 0 Å². The van der Waals surface area contributed by atoms with Crippen LogP contribution in [-0.2, 0) is 26.6 Å². The van der Waals surface area contributed by atoms with Crippen molar-refractivity contribution in [3.63, 3.8) is 0 Å². The first-order chi connectivity index (χ1) is 13.7. The van der Waals surface area contributed by atoms with E-state index in [1.54, 1.807) is 12.1 Å². The number of fused-ring (bicyclic) bond motifs is 1. The Morgan fingerprint density at radius 3 is 2.52 bits per heavy atom. The largest absolute Gasteiger partial charge is 0.348 e. The van der Waals surface area contributed by atoms with E-state index in [0.717, 1.165) is 37.7 Å². The van der Waals surface area contributed by atoms with Crippen molar-refractivity contribution in [2.45, 2.75) is 33.4 Å². The number of hydrogen-bond donors (Lipinski definition) is 0. The Labute approximate surface area is 171 Å². The van der Waals surface area contributed by atoms with Crippen molar-refractivity contribution in [3.8, 4) is 5.69 Å². The summed E-state index contributed by atoms with van der Waals surface area (Å²) in [6.07, 6.45) is 4.85. The molecule has 1 aromatic carbocycles. The Balaban J connectivity index is 1.64. The molecule has 29 heavy (non-hydrogen) atoms. The van der Waals surface area contributed by atoms with Crippen LogP contribution in [0.1, 0.15) is 30.8 Å². The summed E-state index contributed by atoms with van der Waals surface area (Å²) in [5.74, 6) is 0.727. The van der Waals surface area contributed by atoms with Gasteiger partial charge in [0, 0.05) is 52.0 Å². The van der Waals surface area contributed by atoms with Gasteiger partial charge in [0.1, 0.15) is 5.82 Å². The molecule has 0 aliphatic carbocycles. The average Bonchev–Trinajstić information content (AvgIpc) is 3.15. The van der Waals surface area contributed by atoms with Crippen LogP contribution in [0.15, 0.2) is 36.7 Å². The Morgan fingerprint density at radius 1 is 1.14 bits per heavy atom. The first-order valence-electron chi connectivity index (χ1n) is 9.95. The highest BCUT2D eigenvalue weighted by Gasteiger charge is 2.31. The zero-order valence-corrected chi connectivity index (χ0v) is 17.9. The molecule has 1 aliphatic heterocycles. The molecule has 0 fully saturated rings. The second kappa shape index (κ2) is 7.30. The van der Waals surface area contributed by atoms with Gasteiger partial charge >= 0.3 is 0 Å². The number of benzene rings is 1. The third-order valence-corrected chi connectivity index (χ3v) is 5.56. The van der Waals surface area contributed by atoms with Crippen LogP contribution in [-0.4, -0.2) is 44.9 Å². The smallest absolute Gasteiger partial charge is 0.204 e. The van der Waals surface area contributed by atoms with Gasteiger partial charge in [0.05, 0.1) is 23.8 Å². The predicted octanol–water partition coefficient (Wildman–Crippen LogP) is 3.40. The molecular weight excluding hydrogens is 367 g/mol. The van der Waals surface area contributed by atoms with E-state index in [2.05, 4.69) is 40.4 Å². The minimum absolute atomic E-state index is 0.0893. The van der Waals surface area contributed by atoms with Gasteiger partial charge in [-0.05, 0) is 36.1 Å². The molecule has 3 heterocycles. The van der Waals surface area contributed by atoms with Crippen LogP contribution < -0.4 is 4.90 Å². The molecule has 0 N–H and O–H groups in total. The van der Waals surface area contributed by atoms with Gasteiger partial charge in [-0.25, -0.2) is 14.1 Å². The fourth-order valence-electron chi connectivity index (χ4n) is 4.28. The van der Waals surface area contributed by atoms with Crippen molar-refractivity contribution >= 4 is 5.95 Å². The van der Waals surface area contributed by atoms with E-state index < -0.39 is 0 Å². The maximum absolute atomic E-state index is 13.4. The molecular formula is C22H29FN6. The highest BCUT2D eigenvalue weighted by molar-refractivity contribution is 5.36. The monoisotopic (exact) mass is 396 g/mol. The summed E-state index contributed by atoms with van der Waals surface area (Å²) in [6.45, 7) is 7.25. The maximum atomic E-state index is 13.4. The number of aromatic nitrogens is 4. The van der Waals surface area contributed by atoms with E-state index in [1.165, 1.54) is 29.1 Å². The Morgan fingerprint density at radius 2 is 1.86 bits per heavy atom. The van der Waals surface area contributed by atoms with Crippen LogP contribution in [0, 0.1) is 11.2 Å². The molecule has 0 saturated carbocycles. The van der Waals surface area contributed by atoms with Gasteiger partial charge in [-0.3, -0.25) is 4.90 Å². The lowest BCUT2D eigenvalue weighted by atomic mass is 9.87. The van der Waals surface area contributed by atoms with Gasteiger partial charge in [0.2, 0.25) is 5.95 Å². The molecule has 0 radical (unpaired) electrons. The summed E-state index contributed by atoms with van der Waals surface area (Å²) in [4.78, 5) is 9.05. The molecule has 1 aliphatic rings. The SMILES string of the molecule is CN(C)c1ncc(CN2Cc3cnn(-c4ccc(F)cc4)c3CC(C)(C)C2)n1C. The van der Waals surface area contributed by atoms with Gasteiger partial charge in [0.15, 0.2) is 0 Å². The van der Waals surface area contributed by atoms with Crippen molar-refractivity contribution in [1.29, 1.82) is 0 Å². The lowest BCUT2D eigenvalue weighted by Gasteiger charge is -2.29. The van der Waals surface area contributed by atoms with Crippen molar-refractivity contribution in [1.82, 2.24) is 24.2 Å². The van der Waals surface area contributed by atoms with E-state index in [0.29, 0.717) is 0 Å². The number of nitrogens with zero attached hydrogens (tertiary/aromatic N) is 6. The summed E-state index contributed by atoms with van der Waals surface area (Å²) in [7, 11) is 6.09. The molecule has 7 heteroatoms. The van der Waals surface area contributed by atoms with Gasteiger partial charge in [0.25, 0.3) is 0 Å². The number of imidazole rings is 1. The van der Waals surface area contributed by atoms with Gasteiger partial charge < -0.3 is 9.47 Å². The lowest BCUT2D eigenvalue weighted by molar-refractivity contribution is 0.170. The number of halogens is 1. The molecule has 0 spiro atoms. The van der Waals surface area contributed by atoms with Crippen LogP contribution in [0.5, 0.6) is 0 Å². The van der Waals surface area contributed by atoms with Gasteiger partial charge in [-0.1, -0.05) is 13.8 Å². The van der Waals surface area contributed by atoms with E-state index in [1.807, 2.05) is 36.1 Å². The van der Waals surface area contributed by atoms with Gasteiger partial charge in [-0.15, -0.1) is 0 Å². The topological polar surface area (TPSA) is 42.1 Å². The zero-order valence-electron chi connectivity index (χ0n) is 17.9. The zero-order chi connectivity index (χ0) is 20.8. The third kappa shape index (κ3) is 3.92. The standard InChI is InChI=1S/C22H29FN6/c1-22(2)10-20-16(11-25-29(20)18-8-6-17(23)7-9-18)13-28(15-22)14-19-12-24-21(26(3)4)27(19)5/h6-9,11-12H,10,13-15H2,1-5H3. The number of rotatable bonds is 4. The molecule has 3 aromatic rings. The quantitative estimate of drug-likeness (QED) is 0.678. The Hall–Kier alpha value is -2.67. The molecule has 4 rings (SSSR count). The predicted molar refractivity (Wildman–Crippen MR) is 113 cm³/mol. The maximum Gasteiger partial charge on any atom is 0.204 e. The molecule has 2 aromatic heterocycles. The highest BCUT2D eigenvalue weighted by Crippen LogP contribution is 2.32. The third-order valence-electron chi connectivity index (χ3n) is 5.56. The first-order valence-corrected chi connectivity index (χ1v) is 9.95. The van der Waals surface area contributed by atoms with Crippen LogP contribution in [0.2, 0.25) is 0 Å². The van der Waals surface area contributed by atoms with E-state index in [9.17, 15) is 4.39 Å². The molecule has 154 valence electrons. The number of hydrogen-bond acceptors (Lipinski definition) is 4. The fraction of sp³-hybridized carbons (Fsp3) is 0.455. The van der Waals surface area contributed by atoms with Crippen molar-refractivity contribution < 1.29 is 4.39 Å². The van der Waals surface area contributed by atoms with Gasteiger partial charge in [-0.2, -0.15) is 5.10 Å². The molecule has 0 unspecified atom stereocenters. The lowest BCUT2D eigenvalue weighted by Crippen LogP contribution is -2.33. The average molecular weight is 397 g/mol. The fourth-order valence-corrected chi connectivity index (χ4v) is 4.28. The molecule has 0 bridgehead atoms. The molecule has 0 atom stereocenters. The van der Waals surface area contributed by atoms with E-state index in [-0.39, 0.29) is 11.2 Å². The molecule has 0 amide bonds. The Kier molecular flexibility index (Phi) is 4.94. The highest BCUT2D eigenvalue weighted by atomic mass is 19.1. The second-order valence-corrected chi connectivity index (χ2v) is 8.99. The van der Waals surface area contributed by atoms with Crippen LogP contribution in [0.25, 0.3) is 5.69 Å². The summed E-state index contributed by atoms with van der Waals surface area (Å²) >= 11 is 0. The Bertz CT molecular complexity index is 999. The summed E-state index contributed by atoms with van der Waals surface area (Å²) in [6, 6.07) is 6.55. The molecule has 0 saturated heterocycles. The van der Waals surface area contributed by atoms with Crippen LogP contribution >= 0.6 is 0 Å². The van der Waals surface area contributed by atoms with Crippen molar-refractivity contribution in [2.75, 3.05) is 25.5 Å². The molecule has 6 nitrogen and oxygen atoms in total. The normalized spacial score (nSPS) is 16.5. The van der Waals surface area contributed by atoms with Crippen LogP contribution in [0.3, 0.4) is 0 Å². The van der Waals surface area contributed by atoms with Crippen molar-refractivity contribution in [3.05, 3.63) is 59.4 Å². The first kappa shape index (κ1) is 19.6. The van der Waals surface area contributed by atoms with Crippen molar-refractivity contribution in [2.24, 2.45) is 12.5 Å². The minimum Gasteiger partial charge on any atom is -0.348 e. The summed E-state index contributed by atoms with van der Waals surface area (Å²) < 4.78 is 17.5. The number of anilines is 1. The second-order valence-electron chi connectivity index (χ2n) is 8.99. The summed E-state index contributed by atoms with van der Waals surface area (Å²) in [5.41, 5.74) is 4.63. The minimum atomic E-state index is -0.230. The van der Waals surface area contributed by atoms with Crippen LogP contribution in [0.4, 0.5) is 10.3 Å².